The number of phosphoric ester groups is 1. The molecule has 0 aliphatic carbocycles. The Labute approximate surface area is 342 Å². The van der Waals surface area contributed by atoms with Gasteiger partial charge in [0, 0.05) is 12.8 Å². The number of carboxylic acids is 1. The van der Waals surface area contributed by atoms with Gasteiger partial charge in [-0.15, -0.1) is 0 Å². The number of unbranched alkanes of at least 4 members (excludes halogenated alkanes) is 8. The quantitative estimate of drug-likeness (QED) is 0.0177. The van der Waals surface area contributed by atoms with Crippen molar-refractivity contribution in [1.82, 2.24) is 0 Å². The van der Waals surface area contributed by atoms with Crippen LogP contribution in [0.3, 0.4) is 0 Å². The number of carbonyl (C=O) groups is 3. The van der Waals surface area contributed by atoms with Gasteiger partial charge in [-0.25, -0.2) is 4.57 Å². The van der Waals surface area contributed by atoms with E-state index in [0.717, 1.165) is 70.6 Å². The highest BCUT2D eigenvalue weighted by atomic mass is 31.2. The maximum absolute atomic E-state index is 12.6. The summed E-state index contributed by atoms with van der Waals surface area (Å²) in [6.45, 7) is 2.56. The molecule has 324 valence electrons. The molecular weight excluding hydrogens is 749 g/mol. The number of hydrogen-bond acceptors (Lipinski definition) is 10. The van der Waals surface area contributed by atoms with E-state index in [9.17, 15) is 23.8 Å². The van der Waals surface area contributed by atoms with Crippen LogP contribution in [0, 0.1) is 0 Å². The van der Waals surface area contributed by atoms with E-state index in [1.54, 1.807) is 0 Å². The van der Waals surface area contributed by atoms with Gasteiger partial charge < -0.3 is 29.9 Å². The van der Waals surface area contributed by atoms with Crippen molar-refractivity contribution >= 4 is 25.7 Å². The fourth-order valence-corrected chi connectivity index (χ4v) is 6.24. The number of carbonyl (C=O) groups excluding carboxylic acids is 2. The van der Waals surface area contributed by atoms with Crippen molar-refractivity contribution in [3.8, 4) is 0 Å². The Morgan fingerprint density at radius 1 is 0.667 bits per heavy atom. The molecule has 4 N–H and O–H groups in total. The molecule has 0 aromatic rings. The topological polar surface area (TPSA) is 184 Å². The highest BCUT2D eigenvalue weighted by Gasteiger charge is 2.36. The number of rotatable bonds is 37. The fraction of sp³-hybridized carbons (Fsp3) is 0.659. The summed E-state index contributed by atoms with van der Waals surface area (Å²) < 4.78 is 38.3. The van der Waals surface area contributed by atoms with Gasteiger partial charge in [0.15, 0.2) is 6.10 Å². The molecule has 12 nitrogen and oxygen atoms in total. The lowest BCUT2D eigenvalue weighted by Crippen LogP contribution is -2.34. The van der Waals surface area contributed by atoms with Crippen LogP contribution in [0.4, 0.5) is 0 Å². The van der Waals surface area contributed by atoms with E-state index in [-0.39, 0.29) is 19.4 Å². The lowest BCUT2D eigenvalue weighted by atomic mass is 10.1. The minimum absolute atomic E-state index is 0.124. The Morgan fingerprint density at radius 2 is 1.23 bits per heavy atom. The Balaban J connectivity index is 2.34. The molecule has 0 amide bonds. The third-order valence-electron chi connectivity index (χ3n) is 8.86. The molecule has 13 heteroatoms. The zero-order chi connectivity index (χ0) is 41.8. The molecular formula is C44H72NO11P. The van der Waals surface area contributed by atoms with Crippen molar-refractivity contribution in [2.75, 3.05) is 19.8 Å². The zero-order valence-corrected chi connectivity index (χ0v) is 35.5. The van der Waals surface area contributed by atoms with Crippen LogP contribution in [0.1, 0.15) is 142 Å². The van der Waals surface area contributed by atoms with E-state index in [4.69, 9.17) is 29.6 Å². The molecule has 0 spiro atoms. The molecule has 57 heavy (non-hydrogen) atoms. The van der Waals surface area contributed by atoms with E-state index in [0.29, 0.717) is 31.5 Å². The highest BCUT2D eigenvalue weighted by molar-refractivity contribution is 7.47. The second kappa shape index (κ2) is 34.9. The summed E-state index contributed by atoms with van der Waals surface area (Å²) in [5, 5.41) is 8.88. The number of hydrogen-bond donors (Lipinski definition) is 3. The summed E-state index contributed by atoms with van der Waals surface area (Å²) in [7, 11) is -4.74. The number of nitrogens with two attached hydrogens (primary N) is 1. The summed E-state index contributed by atoms with van der Waals surface area (Å²) >= 11 is 0. The number of aliphatic carboxylic acids is 1. The second-order valence-corrected chi connectivity index (χ2v) is 15.6. The third-order valence-corrected chi connectivity index (χ3v) is 9.81. The predicted octanol–water partition coefficient (Wildman–Crippen LogP) is 9.93. The molecule has 1 saturated heterocycles. The third kappa shape index (κ3) is 32.5. The summed E-state index contributed by atoms with van der Waals surface area (Å²) in [5.74, 6) is -2.49. The van der Waals surface area contributed by atoms with Crippen LogP contribution in [0.15, 0.2) is 72.9 Å². The van der Waals surface area contributed by atoms with Crippen LogP contribution in [0.5, 0.6) is 0 Å². The standard InChI is InChI=1S/C44H72NO11P/c1-3-5-7-8-9-10-11-12-13-14-15-20-23-26-30-34-43(47)55-38(36-53-57(50,51)54-37-39(45)44(48)49)35-52-42(46)33-29-25-22-19-17-16-18-21-24-28-32-41-40(56-41)31-27-6-4-2/h5,7,9-10,12-13,16,18-19,22,24,28,38-41H,3-4,6,8,11,14-15,17,20-21,23,25-27,29-37,45H2,1-2H3,(H,48,49)(H,50,51)/b7-5-,10-9-,13-12-,18-16-,22-19-,28-24-/t38-,39+,40?,41?/m1/s1. The molecule has 1 aliphatic heterocycles. The van der Waals surface area contributed by atoms with E-state index in [1.165, 1.54) is 25.7 Å². The van der Waals surface area contributed by atoms with Crippen molar-refractivity contribution in [3.63, 3.8) is 0 Å². The molecule has 1 heterocycles. The minimum Gasteiger partial charge on any atom is -0.480 e. The lowest BCUT2D eigenvalue weighted by molar-refractivity contribution is -0.161. The van der Waals surface area contributed by atoms with Crippen molar-refractivity contribution in [2.45, 2.75) is 167 Å². The van der Waals surface area contributed by atoms with Crippen LogP contribution in [0.2, 0.25) is 0 Å². The summed E-state index contributed by atoms with van der Waals surface area (Å²) in [6, 6.07) is -1.54. The number of ether oxygens (including phenoxy) is 3. The Bertz CT molecular complexity index is 1310. The van der Waals surface area contributed by atoms with Crippen molar-refractivity contribution in [2.24, 2.45) is 5.73 Å². The van der Waals surface area contributed by atoms with Gasteiger partial charge in [0.25, 0.3) is 0 Å². The first-order valence-electron chi connectivity index (χ1n) is 21.1. The SMILES string of the molecule is CC/C=C\C/C=C\C/C=C\CCCCCCCC(=O)O[C@H](COC(=O)CCC/C=C\C/C=C\C/C=C\CC1OC1CCCCC)COP(=O)(O)OC[C@H](N)C(=O)O. The van der Waals surface area contributed by atoms with Crippen LogP contribution >= 0.6 is 7.82 Å². The van der Waals surface area contributed by atoms with Gasteiger partial charge in [-0.2, -0.15) is 0 Å². The Hall–Kier alpha value is -3.12. The molecule has 0 bridgehead atoms. The van der Waals surface area contributed by atoms with Gasteiger partial charge in [-0.3, -0.25) is 23.4 Å². The van der Waals surface area contributed by atoms with Crippen molar-refractivity contribution in [1.29, 1.82) is 0 Å². The van der Waals surface area contributed by atoms with E-state index in [1.807, 2.05) is 12.2 Å². The number of esters is 2. The summed E-state index contributed by atoms with van der Waals surface area (Å²) in [5.41, 5.74) is 5.32. The first-order valence-corrected chi connectivity index (χ1v) is 22.6. The van der Waals surface area contributed by atoms with E-state index < -0.39 is 51.1 Å². The van der Waals surface area contributed by atoms with Crippen LogP contribution in [-0.2, 0) is 42.2 Å². The monoisotopic (exact) mass is 821 g/mol. The number of carboxylic acid groups (broad SMARTS) is 1. The average molecular weight is 822 g/mol. The Morgan fingerprint density at radius 3 is 1.88 bits per heavy atom. The maximum atomic E-state index is 12.6. The lowest BCUT2D eigenvalue weighted by Gasteiger charge is -2.20. The maximum Gasteiger partial charge on any atom is 0.472 e. The Kier molecular flexibility index (Phi) is 31.8. The normalized spacial score (nSPS) is 18.0. The van der Waals surface area contributed by atoms with Crippen LogP contribution in [-0.4, -0.2) is 72.1 Å². The van der Waals surface area contributed by atoms with Crippen molar-refractivity contribution in [3.05, 3.63) is 72.9 Å². The van der Waals surface area contributed by atoms with Crippen molar-refractivity contribution < 1.29 is 52.2 Å². The van der Waals surface area contributed by atoms with Gasteiger partial charge in [0.2, 0.25) is 0 Å². The summed E-state index contributed by atoms with van der Waals surface area (Å²) in [6.07, 6.45) is 42.9. The van der Waals surface area contributed by atoms with Gasteiger partial charge in [-0.1, -0.05) is 125 Å². The van der Waals surface area contributed by atoms with Crippen LogP contribution in [0.25, 0.3) is 0 Å². The number of epoxide rings is 1. The minimum atomic E-state index is -4.74. The number of allylic oxidation sites excluding steroid dienone is 11. The molecule has 1 aliphatic rings. The molecule has 1 rings (SSSR count). The number of phosphoric acid groups is 1. The second-order valence-electron chi connectivity index (χ2n) is 14.1. The van der Waals surface area contributed by atoms with E-state index >= 15 is 0 Å². The van der Waals surface area contributed by atoms with E-state index in [2.05, 4.69) is 79.1 Å². The molecule has 1 fully saturated rings. The highest BCUT2D eigenvalue weighted by Crippen LogP contribution is 2.43. The molecule has 0 radical (unpaired) electrons. The fourth-order valence-electron chi connectivity index (χ4n) is 5.46. The molecule has 0 aromatic heterocycles. The van der Waals surface area contributed by atoms with Crippen LogP contribution < -0.4 is 5.73 Å². The first-order chi connectivity index (χ1) is 27.6. The largest absolute Gasteiger partial charge is 0.480 e. The van der Waals surface area contributed by atoms with Gasteiger partial charge in [-0.05, 0) is 77.0 Å². The zero-order valence-electron chi connectivity index (χ0n) is 34.6. The smallest absolute Gasteiger partial charge is 0.472 e. The van der Waals surface area contributed by atoms with Gasteiger partial charge >= 0.3 is 25.7 Å². The van der Waals surface area contributed by atoms with Gasteiger partial charge in [0.05, 0.1) is 25.4 Å². The molecule has 0 saturated carbocycles. The molecule has 0 aromatic carbocycles. The summed E-state index contributed by atoms with van der Waals surface area (Å²) in [4.78, 5) is 45.9. The first kappa shape index (κ1) is 51.9. The van der Waals surface area contributed by atoms with Gasteiger partial charge in [0.1, 0.15) is 12.6 Å². The predicted molar refractivity (Wildman–Crippen MR) is 225 cm³/mol. The molecule has 3 unspecified atom stereocenters. The molecule has 5 atom stereocenters. The average Bonchev–Trinajstić information content (AvgIpc) is 3.94.